The lowest BCUT2D eigenvalue weighted by molar-refractivity contribution is 0.949. The summed E-state index contributed by atoms with van der Waals surface area (Å²) in [5.41, 5.74) is 11.4. The minimum absolute atomic E-state index is 0.829. The third kappa shape index (κ3) is 2.68. The third-order valence-electron chi connectivity index (χ3n) is 4.42. The van der Waals surface area contributed by atoms with E-state index < -0.39 is 0 Å². The maximum absolute atomic E-state index is 6.29. The van der Waals surface area contributed by atoms with Crippen LogP contribution in [0.2, 0.25) is 0 Å². The fraction of sp³-hybridized carbons (Fsp3) is 0.211. The van der Waals surface area contributed by atoms with Gasteiger partial charge in [-0.25, -0.2) is 0 Å². The molecule has 0 saturated carbocycles. The van der Waals surface area contributed by atoms with Crippen LogP contribution in [0.1, 0.15) is 24.1 Å². The number of nitrogens with zero attached hydrogens (tertiary/aromatic N) is 2. The number of aromatic amines is 1. The van der Waals surface area contributed by atoms with Crippen molar-refractivity contribution >= 4 is 34.4 Å². The Labute approximate surface area is 135 Å². The first-order valence-electron chi connectivity index (χ1n) is 8.07. The van der Waals surface area contributed by atoms with Crippen molar-refractivity contribution in [2.45, 2.75) is 12.8 Å². The number of rotatable bonds is 3. The molecule has 0 radical (unpaired) electrons. The van der Waals surface area contributed by atoms with E-state index in [2.05, 4.69) is 39.4 Å². The van der Waals surface area contributed by atoms with Gasteiger partial charge in [-0.3, -0.25) is 5.10 Å². The van der Waals surface area contributed by atoms with Crippen molar-refractivity contribution in [2.24, 2.45) is 0 Å². The molecule has 3 N–H and O–H groups in total. The molecule has 0 aliphatic carbocycles. The molecule has 2 aromatic carbocycles. The average Bonchev–Trinajstić information content (AvgIpc) is 3.23. The molecular formula is C19H20N4. The normalized spacial score (nSPS) is 15.0. The molecule has 2 heterocycles. The number of H-pyrrole nitrogens is 1. The van der Waals surface area contributed by atoms with Crippen molar-refractivity contribution in [3.05, 3.63) is 53.7 Å². The van der Waals surface area contributed by atoms with Crippen molar-refractivity contribution in [3.8, 4) is 0 Å². The van der Waals surface area contributed by atoms with Crippen LogP contribution in [0.25, 0.3) is 23.1 Å². The molecule has 0 unspecified atom stereocenters. The highest BCUT2D eigenvalue weighted by atomic mass is 15.2. The highest BCUT2D eigenvalue weighted by molar-refractivity contribution is 5.95. The predicted octanol–water partition coefficient (Wildman–Crippen LogP) is 3.92. The van der Waals surface area contributed by atoms with Gasteiger partial charge in [0.05, 0.1) is 22.6 Å². The molecule has 4 heteroatoms. The van der Waals surface area contributed by atoms with Crippen molar-refractivity contribution in [3.63, 3.8) is 0 Å². The molecule has 0 amide bonds. The van der Waals surface area contributed by atoms with Crippen LogP contribution >= 0.6 is 0 Å². The van der Waals surface area contributed by atoms with E-state index >= 15 is 0 Å². The number of hydrogen-bond acceptors (Lipinski definition) is 3. The SMILES string of the molecule is Nc1cc2c(/C=C/c3ccccc3)n[nH]c2cc1N1CCCC1. The number of benzene rings is 2. The van der Waals surface area contributed by atoms with Gasteiger partial charge in [0.1, 0.15) is 0 Å². The zero-order valence-corrected chi connectivity index (χ0v) is 13.0. The summed E-state index contributed by atoms with van der Waals surface area (Å²) < 4.78 is 0. The second kappa shape index (κ2) is 5.80. The van der Waals surface area contributed by atoms with Crippen LogP contribution in [-0.2, 0) is 0 Å². The molecule has 1 aliphatic heterocycles. The minimum atomic E-state index is 0.829. The quantitative estimate of drug-likeness (QED) is 0.721. The Bertz CT molecular complexity index is 842. The molecule has 1 aromatic heterocycles. The van der Waals surface area contributed by atoms with Crippen molar-refractivity contribution in [1.82, 2.24) is 10.2 Å². The summed E-state index contributed by atoms with van der Waals surface area (Å²) >= 11 is 0. The molecule has 4 rings (SSSR count). The van der Waals surface area contributed by atoms with Gasteiger partial charge in [0.15, 0.2) is 0 Å². The number of nitrogens with two attached hydrogens (primary N) is 1. The maximum Gasteiger partial charge on any atom is 0.0928 e. The van der Waals surface area contributed by atoms with E-state index in [4.69, 9.17) is 5.73 Å². The lowest BCUT2D eigenvalue weighted by Gasteiger charge is -2.19. The summed E-state index contributed by atoms with van der Waals surface area (Å²) in [4.78, 5) is 2.36. The summed E-state index contributed by atoms with van der Waals surface area (Å²) in [6.45, 7) is 2.18. The fourth-order valence-corrected chi connectivity index (χ4v) is 3.19. The molecule has 1 aliphatic rings. The predicted molar refractivity (Wildman–Crippen MR) is 97.3 cm³/mol. The third-order valence-corrected chi connectivity index (χ3v) is 4.42. The Kier molecular flexibility index (Phi) is 3.50. The molecule has 1 saturated heterocycles. The average molecular weight is 304 g/mol. The Balaban J connectivity index is 1.69. The highest BCUT2D eigenvalue weighted by Gasteiger charge is 2.16. The van der Waals surface area contributed by atoms with Crippen LogP contribution in [0, 0.1) is 0 Å². The molecule has 0 spiro atoms. The van der Waals surface area contributed by atoms with Gasteiger partial charge >= 0.3 is 0 Å². The summed E-state index contributed by atoms with van der Waals surface area (Å²) in [6, 6.07) is 14.4. The van der Waals surface area contributed by atoms with Crippen LogP contribution in [-0.4, -0.2) is 23.3 Å². The van der Waals surface area contributed by atoms with Crippen LogP contribution < -0.4 is 10.6 Å². The zero-order chi connectivity index (χ0) is 15.6. The van der Waals surface area contributed by atoms with Crippen LogP contribution in [0.5, 0.6) is 0 Å². The molecular weight excluding hydrogens is 284 g/mol. The number of aromatic nitrogens is 2. The smallest absolute Gasteiger partial charge is 0.0928 e. The first-order chi connectivity index (χ1) is 11.3. The van der Waals surface area contributed by atoms with Crippen LogP contribution in [0.15, 0.2) is 42.5 Å². The topological polar surface area (TPSA) is 57.9 Å². The van der Waals surface area contributed by atoms with Gasteiger partial charge in [-0.1, -0.05) is 36.4 Å². The Hall–Kier alpha value is -2.75. The zero-order valence-electron chi connectivity index (χ0n) is 13.0. The molecule has 1 fully saturated rings. The van der Waals surface area contributed by atoms with Gasteiger partial charge in [-0.05, 0) is 36.6 Å². The Morgan fingerprint density at radius 2 is 1.83 bits per heavy atom. The molecule has 3 aromatic rings. The maximum atomic E-state index is 6.29. The first-order valence-corrected chi connectivity index (χ1v) is 8.07. The van der Waals surface area contributed by atoms with E-state index in [9.17, 15) is 0 Å². The van der Waals surface area contributed by atoms with Crippen LogP contribution in [0.3, 0.4) is 0 Å². The number of hydrogen-bond donors (Lipinski definition) is 2. The summed E-state index contributed by atoms with van der Waals surface area (Å²) in [5.74, 6) is 0. The molecule has 0 bridgehead atoms. The van der Waals surface area contributed by atoms with Gasteiger partial charge in [0.25, 0.3) is 0 Å². The minimum Gasteiger partial charge on any atom is -0.397 e. The van der Waals surface area contributed by atoms with Crippen molar-refractivity contribution in [1.29, 1.82) is 0 Å². The second-order valence-corrected chi connectivity index (χ2v) is 6.00. The number of anilines is 2. The molecule has 0 atom stereocenters. The standard InChI is InChI=1S/C19H20N4/c20-16-12-15-17(9-8-14-6-2-1-3-7-14)21-22-18(15)13-19(16)23-10-4-5-11-23/h1-3,6-9,12-13H,4-5,10-11,20H2,(H,21,22)/b9-8+. The summed E-state index contributed by atoms with van der Waals surface area (Å²) in [6.07, 6.45) is 6.58. The lowest BCUT2D eigenvalue weighted by Crippen LogP contribution is -2.18. The molecule has 116 valence electrons. The van der Waals surface area contributed by atoms with E-state index in [1.807, 2.05) is 30.3 Å². The van der Waals surface area contributed by atoms with E-state index in [0.29, 0.717) is 0 Å². The summed E-state index contributed by atoms with van der Waals surface area (Å²) in [5, 5.41) is 8.63. The second-order valence-electron chi connectivity index (χ2n) is 6.00. The monoisotopic (exact) mass is 304 g/mol. The van der Waals surface area contributed by atoms with Gasteiger partial charge in [-0.15, -0.1) is 0 Å². The van der Waals surface area contributed by atoms with Crippen LogP contribution in [0.4, 0.5) is 11.4 Å². The molecule has 4 nitrogen and oxygen atoms in total. The van der Waals surface area contributed by atoms with Gasteiger partial charge < -0.3 is 10.6 Å². The summed E-state index contributed by atoms with van der Waals surface area (Å²) in [7, 11) is 0. The van der Waals surface area contributed by atoms with E-state index in [0.717, 1.165) is 46.6 Å². The van der Waals surface area contributed by atoms with Gasteiger partial charge in [0, 0.05) is 18.5 Å². The lowest BCUT2D eigenvalue weighted by atomic mass is 10.1. The highest BCUT2D eigenvalue weighted by Crippen LogP contribution is 2.32. The van der Waals surface area contributed by atoms with Gasteiger partial charge in [0.2, 0.25) is 0 Å². The van der Waals surface area contributed by atoms with Crippen molar-refractivity contribution in [2.75, 3.05) is 23.7 Å². The first kappa shape index (κ1) is 13.9. The molecule has 23 heavy (non-hydrogen) atoms. The Morgan fingerprint density at radius 3 is 2.61 bits per heavy atom. The number of nitrogens with one attached hydrogen (secondary N) is 1. The van der Waals surface area contributed by atoms with Crippen molar-refractivity contribution < 1.29 is 0 Å². The van der Waals surface area contributed by atoms with E-state index in [-0.39, 0.29) is 0 Å². The number of fused-ring (bicyclic) bond motifs is 1. The van der Waals surface area contributed by atoms with E-state index in [1.165, 1.54) is 12.8 Å². The Morgan fingerprint density at radius 1 is 1.04 bits per heavy atom. The van der Waals surface area contributed by atoms with Gasteiger partial charge in [-0.2, -0.15) is 5.10 Å². The largest absolute Gasteiger partial charge is 0.397 e. The number of nitrogen functional groups attached to an aromatic ring is 1. The van der Waals surface area contributed by atoms with E-state index in [1.54, 1.807) is 0 Å². The fourth-order valence-electron chi connectivity index (χ4n) is 3.19.